The quantitative estimate of drug-likeness (QED) is 0.160. The first-order valence-electron chi connectivity index (χ1n) is 21.8. The fraction of sp³-hybridized carbons (Fsp3) is 0. The normalized spacial score (nSPS) is 11.8. The average Bonchev–Trinajstić information content (AvgIpc) is 4.03. The monoisotopic (exact) mass is 817 g/mol. The Labute approximate surface area is 369 Å². The first-order chi connectivity index (χ1) is 31.8. The lowest BCUT2D eigenvalue weighted by Gasteiger charge is -2.27. The number of anilines is 3. The van der Waals surface area contributed by atoms with Crippen molar-refractivity contribution in [2.24, 2.45) is 0 Å². The standard InChI is InChI=1S/C60H39N3O/c1-3-18-43(19-4-1)62-52-27-11-9-23-50(52)59-58-49(26-14-28-54(58)63(60(59)62)44-20-5-2-6-21-44)42-34-38-46(39-35-42)61(53-29-15-31-56-57(53)51-24-10-12-30-55(51)64-56)45-36-32-41(33-37-45)48-25-13-17-40-16-7-8-22-47(40)48/h1-39H. The van der Waals surface area contributed by atoms with Crippen molar-refractivity contribution in [2.75, 3.05) is 4.90 Å². The molecular formula is C60H39N3O. The molecule has 0 unspecified atom stereocenters. The third-order valence-electron chi connectivity index (χ3n) is 12.9. The van der Waals surface area contributed by atoms with Crippen molar-refractivity contribution in [1.82, 2.24) is 9.13 Å². The Morgan fingerprint density at radius 2 is 0.844 bits per heavy atom. The molecule has 0 bridgehead atoms. The Morgan fingerprint density at radius 3 is 1.58 bits per heavy atom. The second-order valence-corrected chi connectivity index (χ2v) is 16.5. The van der Waals surface area contributed by atoms with Crippen molar-refractivity contribution in [3.05, 3.63) is 237 Å². The summed E-state index contributed by atoms with van der Waals surface area (Å²) in [4.78, 5) is 2.37. The van der Waals surface area contributed by atoms with Crippen LogP contribution >= 0.6 is 0 Å². The van der Waals surface area contributed by atoms with Crippen LogP contribution in [0.4, 0.5) is 17.1 Å². The summed E-state index contributed by atoms with van der Waals surface area (Å²) >= 11 is 0. The summed E-state index contributed by atoms with van der Waals surface area (Å²) in [6.45, 7) is 0. The van der Waals surface area contributed by atoms with Crippen LogP contribution in [0.2, 0.25) is 0 Å². The van der Waals surface area contributed by atoms with Gasteiger partial charge in [0.15, 0.2) is 0 Å². The number of aromatic nitrogens is 2. The van der Waals surface area contributed by atoms with Gasteiger partial charge in [0.25, 0.3) is 0 Å². The summed E-state index contributed by atoms with van der Waals surface area (Å²) in [5.41, 5.74) is 15.4. The molecule has 64 heavy (non-hydrogen) atoms. The van der Waals surface area contributed by atoms with Crippen molar-refractivity contribution in [1.29, 1.82) is 0 Å². The molecule has 0 aliphatic carbocycles. The van der Waals surface area contributed by atoms with E-state index in [1.807, 2.05) is 6.07 Å². The predicted octanol–water partition coefficient (Wildman–Crippen LogP) is 16.6. The largest absolute Gasteiger partial charge is 0.456 e. The summed E-state index contributed by atoms with van der Waals surface area (Å²) < 4.78 is 11.3. The van der Waals surface area contributed by atoms with Gasteiger partial charge in [-0.2, -0.15) is 0 Å². The molecular weight excluding hydrogens is 779 g/mol. The van der Waals surface area contributed by atoms with Crippen LogP contribution in [0.1, 0.15) is 0 Å². The number of benzene rings is 10. The van der Waals surface area contributed by atoms with E-state index in [1.54, 1.807) is 0 Å². The minimum absolute atomic E-state index is 0.862. The Kier molecular flexibility index (Phi) is 8.18. The lowest BCUT2D eigenvalue weighted by atomic mass is 9.97. The Balaban J connectivity index is 1.01. The molecule has 4 nitrogen and oxygen atoms in total. The summed E-state index contributed by atoms with van der Waals surface area (Å²) in [5, 5.41) is 8.36. The molecule has 300 valence electrons. The highest BCUT2D eigenvalue weighted by Crippen LogP contribution is 2.47. The van der Waals surface area contributed by atoms with Crippen molar-refractivity contribution >= 4 is 82.6 Å². The maximum atomic E-state index is 6.45. The number of hydrogen-bond acceptors (Lipinski definition) is 2. The third-order valence-corrected chi connectivity index (χ3v) is 12.9. The molecule has 10 aromatic carbocycles. The van der Waals surface area contributed by atoms with E-state index in [9.17, 15) is 0 Å². The first-order valence-corrected chi connectivity index (χ1v) is 21.8. The molecule has 13 aromatic rings. The summed E-state index contributed by atoms with van der Waals surface area (Å²) in [7, 11) is 0. The third kappa shape index (κ3) is 5.56. The van der Waals surface area contributed by atoms with Crippen LogP contribution in [-0.2, 0) is 0 Å². The SMILES string of the molecule is c1ccc(-n2c3ccccc3c3c4c(-c5ccc(N(c6ccc(-c7cccc8ccccc78)cc6)c6cccc7oc8ccccc8c67)cc5)cccc4n(-c4ccccc4)c32)cc1. The lowest BCUT2D eigenvalue weighted by Crippen LogP contribution is -2.10. The average molecular weight is 818 g/mol. The molecule has 0 atom stereocenters. The van der Waals surface area contributed by atoms with Crippen LogP contribution < -0.4 is 4.90 Å². The molecule has 0 N–H and O–H groups in total. The second kappa shape index (κ2) is 14.5. The van der Waals surface area contributed by atoms with E-state index in [-0.39, 0.29) is 0 Å². The van der Waals surface area contributed by atoms with Crippen molar-refractivity contribution in [3.63, 3.8) is 0 Å². The van der Waals surface area contributed by atoms with E-state index in [0.717, 1.165) is 61.6 Å². The van der Waals surface area contributed by atoms with Crippen LogP contribution in [0.25, 0.3) is 99.2 Å². The van der Waals surface area contributed by atoms with Crippen molar-refractivity contribution < 1.29 is 4.42 Å². The summed E-state index contributed by atoms with van der Waals surface area (Å²) in [6, 6.07) is 85.0. The smallest absolute Gasteiger partial charge is 0.137 e. The zero-order valence-electron chi connectivity index (χ0n) is 34.8. The maximum Gasteiger partial charge on any atom is 0.137 e. The van der Waals surface area contributed by atoms with Crippen LogP contribution in [0.15, 0.2) is 241 Å². The Morgan fingerprint density at radius 1 is 0.328 bits per heavy atom. The minimum Gasteiger partial charge on any atom is -0.456 e. The molecule has 0 saturated heterocycles. The van der Waals surface area contributed by atoms with E-state index in [4.69, 9.17) is 4.42 Å². The van der Waals surface area contributed by atoms with Gasteiger partial charge < -0.3 is 9.32 Å². The zero-order chi connectivity index (χ0) is 42.1. The zero-order valence-corrected chi connectivity index (χ0v) is 34.8. The fourth-order valence-corrected chi connectivity index (χ4v) is 10.1. The van der Waals surface area contributed by atoms with Gasteiger partial charge in [-0.15, -0.1) is 0 Å². The van der Waals surface area contributed by atoms with E-state index in [1.165, 1.54) is 54.7 Å². The Hall–Kier alpha value is -8.60. The molecule has 0 radical (unpaired) electrons. The lowest BCUT2D eigenvalue weighted by molar-refractivity contribution is 0.669. The van der Waals surface area contributed by atoms with E-state index >= 15 is 0 Å². The number of para-hydroxylation sites is 4. The van der Waals surface area contributed by atoms with Gasteiger partial charge in [-0.05, 0) is 112 Å². The van der Waals surface area contributed by atoms with Crippen LogP contribution in [0, 0.1) is 0 Å². The van der Waals surface area contributed by atoms with Gasteiger partial charge in [-0.25, -0.2) is 0 Å². The topological polar surface area (TPSA) is 26.2 Å². The molecule has 3 aromatic heterocycles. The van der Waals surface area contributed by atoms with Crippen LogP contribution in [0.5, 0.6) is 0 Å². The van der Waals surface area contributed by atoms with Crippen LogP contribution in [0.3, 0.4) is 0 Å². The highest BCUT2D eigenvalue weighted by Gasteiger charge is 2.25. The molecule has 3 heterocycles. The van der Waals surface area contributed by atoms with Gasteiger partial charge >= 0.3 is 0 Å². The minimum atomic E-state index is 0.862. The predicted molar refractivity (Wildman–Crippen MR) is 268 cm³/mol. The molecule has 0 saturated carbocycles. The van der Waals surface area contributed by atoms with Gasteiger partial charge in [-0.1, -0.05) is 158 Å². The van der Waals surface area contributed by atoms with Gasteiger partial charge in [0.2, 0.25) is 0 Å². The first kappa shape index (κ1) is 36.1. The van der Waals surface area contributed by atoms with E-state index < -0.39 is 0 Å². The maximum absolute atomic E-state index is 6.45. The molecule has 4 heteroatoms. The highest BCUT2D eigenvalue weighted by molar-refractivity contribution is 6.26. The van der Waals surface area contributed by atoms with Gasteiger partial charge in [0.1, 0.15) is 16.8 Å². The van der Waals surface area contributed by atoms with Crippen molar-refractivity contribution in [2.45, 2.75) is 0 Å². The van der Waals surface area contributed by atoms with Crippen molar-refractivity contribution in [3.8, 4) is 33.6 Å². The van der Waals surface area contributed by atoms with E-state index in [2.05, 4.69) is 245 Å². The summed E-state index contributed by atoms with van der Waals surface area (Å²) in [5.74, 6) is 0. The van der Waals surface area contributed by atoms with Gasteiger partial charge in [-0.3, -0.25) is 9.13 Å². The number of rotatable bonds is 7. The van der Waals surface area contributed by atoms with Crippen LogP contribution in [-0.4, -0.2) is 9.13 Å². The fourth-order valence-electron chi connectivity index (χ4n) is 10.1. The Bertz CT molecular complexity index is 3870. The second-order valence-electron chi connectivity index (χ2n) is 16.5. The number of hydrogen-bond donors (Lipinski definition) is 0. The molecule has 0 aliphatic heterocycles. The van der Waals surface area contributed by atoms with E-state index in [0.29, 0.717) is 0 Å². The molecule has 13 rings (SSSR count). The number of furan rings is 1. The van der Waals surface area contributed by atoms with Gasteiger partial charge in [0.05, 0.1) is 22.1 Å². The summed E-state index contributed by atoms with van der Waals surface area (Å²) in [6.07, 6.45) is 0. The number of nitrogens with zero attached hydrogens (tertiary/aromatic N) is 3. The number of fused-ring (bicyclic) bond motifs is 9. The molecule has 0 fully saturated rings. The highest BCUT2D eigenvalue weighted by atomic mass is 16.3. The molecule has 0 amide bonds. The van der Waals surface area contributed by atoms with Gasteiger partial charge in [0, 0.05) is 44.3 Å². The molecule has 0 spiro atoms. The molecule has 0 aliphatic rings.